The van der Waals surface area contributed by atoms with Gasteiger partial charge in [0.15, 0.2) is 6.07 Å². The van der Waals surface area contributed by atoms with Crippen molar-refractivity contribution in [2.75, 3.05) is 0 Å². The zero-order valence-electron chi connectivity index (χ0n) is 6.61. The molecular formula is C6H6N4O2. The number of aromatic nitrogens is 2. The fraction of sp³-hybridized carbons (Fsp3) is 0.333. The first kappa shape index (κ1) is 8.20. The highest BCUT2D eigenvalue weighted by molar-refractivity contribution is 5.32. The van der Waals surface area contributed by atoms with Gasteiger partial charge in [0.1, 0.15) is 5.69 Å². The third-order valence-corrected chi connectivity index (χ3v) is 1.63. The summed E-state index contributed by atoms with van der Waals surface area (Å²) in [5.74, 6) is -0.201. The summed E-state index contributed by atoms with van der Waals surface area (Å²) >= 11 is 0. The van der Waals surface area contributed by atoms with Crippen LogP contribution in [0.1, 0.15) is 11.5 Å². The van der Waals surface area contributed by atoms with E-state index in [9.17, 15) is 10.1 Å². The lowest BCUT2D eigenvalue weighted by Gasteiger charge is -1.91. The number of hydrogen-bond donors (Lipinski definition) is 0. The molecule has 1 heterocycles. The Hall–Kier alpha value is -1.90. The maximum Gasteiger partial charge on any atom is 0.386 e. The van der Waals surface area contributed by atoms with Crippen molar-refractivity contribution in [2.24, 2.45) is 7.05 Å². The van der Waals surface area contributed by atoms with Crippen LogP contribution in [0.3, 0.4) is 0 Å². The zero-order valence-corrected chi connectivity index (χ0v) is 6.61. The van der Waals surface area contributed by atoms with Crippen molar-refractivity contribution < 1.29 is 4.92 Å². The van der Waals surface area contributed by atoms with E-state index in [1.165, 1.54) is 4.57 Å². The lowest BCUT2D eigenvalue weighted by molar-refractivity contribution is -0.389. The van der Waals surface area contributed by atoms with Gasteiger partial charge in [-0.2, -0.15) is 5.26 Å². The van der Waals surface area contributed by atoms with Crippen LogP contribution < -0.4 is 0 Å². The van der Waals surface area contributed by atoms with Crippen LogP contribution in [-0.2, 0) is 7.05 Å². The highest BCUT2D eigenvalue weighted by atomic mass is 16.6. The van der Waals surface area contributed by atoms with Crippen molar-refractivity contribution in [3.8, 4) is 6.07 Å². The highest BCUT2D eigenvalue weighted by Gasteiger charge is 2.21. The van der Waals surface area contributed by atoms with Gasteiger partial charge in [-0.1, -0.05) is 0 Å². The van der Waals surface area contributed by atoms with E-state index in [-0.39, 0.29) is 11.6 Å². The van der Waals surface area contributed by atoms with E-state index in [0.29, 0.717) is 5.69 Å². The lowest BCUT2D eigenvalue weighted by atomic mass is 10.5. The molecule has 1 rings (SSSR count). The molecular weight excluding hydrogens is 160 g/mol. The topological polar surface area (TPSA) is 84.8 Å². The van der Waals surface area contributed by atoms with E-state index in [4.69, 9.17) is 5.26 Å². The van der Waals surface area contributed by atoms with Crippen LogP contribution in [0.4, 0.5) is 5.82 Å². The van der Waals surface area contributed by atoms with Gasteiger partial charge in [0.25, 0.3) is 0 Å². The molecule has 1 aromatic heterocycles. The van der Waals surface area contributed by atoms with Crippen LogP contribution in [0, 0.1) is 28.4 Å². The summed E-state index contributed by atoms with van der Waals surface area (Å²) in [7, 11) is 1.56. The molecule has 12 heavy (non-hydrogen) atoms. The molecule has 0 aliphatic carbocycles. The summed E-state index contributed by atoms with van der Waals surface area (Å²) in [6.45, 7) is 1.55. The van der Waals surface area contributed by atoms with E-state index < -0.39 is 4.92 Å². The van der Waals surface area contributed by atoms with Crippen molar-refractivity contribution >= 4 is 5.82 Å². The highest BCUT2D eigenvalue weighted by Crippen LogP contribution is 2.15. The Morgan fingerprint density at radius 2 is 2.33 bits per heavy atom. The van der Waals surface area contributed by atoms with Crippen LogP contribution >= 0.6 is 0 Å². The molecule has 0 bridgehead atoms. The molecule has 0 aliphatic rings. The van der Waals surface area contributed by atoms with Crippen molar-refractivity contribution in [3.63, 3.8) is 0 Å². The molecule has 62 valence electrons. The third kappa shape index (κ3) is 1.01. The second-order valence-electron chi connectivity index (χ2n) is 2.27. The summed E-state index contributed by atoms with van der Waals surface area (Å²) in [6, 6.07) is 1.76. The fourth-order valence-corrected chi connectivity index (χ4v) is 0.838. The van der Waals surface area contributed by atoms with Crippen LogP contribution in [0.5, 0.6) is 0 Å². The Morgan fingerprint density at radius 3 is 2.58 bits per heavy atom. The average Bonchev–Trinajstić information content (AvgIpc) is 2.30. The predicted molar refractivity (Wildman–Crippen MR) is 39.3 cm³/mol. The predicted octanol–water partition coefficient (Wildman–Crippen LogP) is 0.508. The molecule has 0 unspecified atom stereocenters. The second kappa shape index (κ2) is 2.62. The summed E-state index contributed by atoms with van der Waals surface area (Å²) < 4.78 is 1.39. The molecule has 1 aromatic rings. The monoisotopic (exact) mass is 166 g/mol. The maximum atomic E-state index is 10.3. The standard InChI is InChI=1S/C6H6N4O2/c1-4-6(10(11)12)8-5(3-7)9(4)2/h1-2H3. The number of nitrogens with zero attached hydrogens (tertiary/aromatic N) is 4. The molecule has 6 heteroatoms. The Balaban J connectivity index is 3.37. The Morgan fingerprint density at radius 1 is 1.75 bits per heavy atom. The van der Waals surface area contributed by atoms with Gasteiger partial charge in [-0.3, -0.25) is 4.57 Å². The lowest BCUT2D eigenvalue weighted by Crippen LogP contribution is -1.95. The first-order valence-corrected chi connectivity index (χ1v) is 3.15. The number of hydrogen-bond acceptors (Lipinski definition) is 4. The van der Waals surface area contributed by atoms with Crippen molar-refractivity contribution in [2.45, 2.75) is 6.92 Å². The summed E-state index contributed by atoms with van der Waals surface area (Å²) in [6.07, 6.45) is 0. The summed E-state index contributed by atoms with van der Waals surface area (Å²) in [5.41, 5.74) is 0.386. The minimum Gasteiger partial charge on any atom is -0.358 e. The van der Waals surface area contributed by atoms with Gasteiger partial charge >= 0.3 is 11.6 Å². The van der Waals surface area contributed by atoms with Crippen LogP contribution in [0.25, 0.3) is 0 Å². The first-order valence-electron chi connectivity index (χ1n) is 3.15. The van der Waals surface area contributed by atoms with E-state index >= 15 is 0 Å². The van der Waals surface area contributed by atoms with E-state index in [0.717, 1.165) is 0 Å². The molecule has 6 nitrogen and oxygen atoms in total. The largest absolute Gasteiger partial charge is 0.386 e. The smallest absolute Gasteiger partial charge is 0.358 e. The van der Waals surface area contributed by atoms with Gasteiger partial charge in [0.2, 0.25) is 0 Å². The second-order valence-corrected chi connectivity index (χ2v) is 2.27. The molecule has 0 saturated heterocycles. The Labute approximate surface area is 68.2 Å². The van der Waals surface area contributed by atoms with Crippen LogP contribution in [0.15, 0.2) is 0 Å². The SMILES string of the molecule is Cc1c([N+](=O)[O-])nc(C#N)n1C. The molecule has 0 saturated carbocycles. The third-order valence-electron chi connectivity index (χ3n) is 1.63. The molecule has 0 fully saturated rings. The maximum absolute atomic E-state index is 10.3. The van der Waals surface area contributed by atoms with Gasteiger partial charge in [-0.15, -0.1) is 0 Å². The number of nitro groups is 1. The molecule has 0 N–H and O–H groups in total. The van der Waals surface area contributed by atoms with Crippen molar-refractivity contribution in [1.29, 1.82) is 5.26 Å². The Bertz CT molecular complexity index is 374. The molecule has 0 atom stereocenters. The normalized spacial score (nSPS) is 9.42. The van der Waals surface area contributed by atoms with Gasteiger partial charge < -0.3 is 10.1 Å². The molecule has 0 aliphatic heterocycles. The van der Waals surface area contributed by atoms with Gasteiger partial charge in [0, 0.05) is 7.05 Å². The van der Waals surface area contributed by atoms with Crippen molar-refractivity contribution in [3.05, 3.63) is 21.6 Å². The molecule has 0 radical (unpaired) electrons. The quantitative estimate of drug-likeness (QED) is 0.449. The number of nitriles is 1. The number of rotatable bonds is 1. The summed E-state index contributed by atoms with van der Waals surface area (Å²) in [4.78, 5) is 13.3. The van der Waals surface area contributed by atoms with Crippen molar-refractivity contribution in [1.82, 2.24) is 9.55 Å². The first-order chi connectivity index (χ1) is 5.57. The van der Waals surface area contributed by atoms with E-state index in [1.54, 1.807) is 20.0 Å². The summed E-state index contributed by atoms with van der Waals surface area (Å²) in [5, 5.41) is 18.8. The van der Waals surface area contributed by atoms with E-state index in [1.807, 2.05) is 0 Å². The van der Waals surface area contributed by atoms with Gasteiger partial charge in [0.05, 0.1) is 0 Å². The van der Waals surface area contributed by atoms with Crippen LogP contribution in [0.2, 0.25) is 0 Å². The fourth-order valence-electron chi connectivity index (χ4n) is 0.838. The molecule has 0 aromatic carbocycles. The molecule has 0 amide bonds. The van der Waals surface area contributed by atoms with Gasteiger partial charge in [-0.25, -0.2) is 0 Å². The van der Waals surface area contributed by atoms with E-state index in [2.05, 4.69) is 4.98 Å². The Kier molecular flexibility index (Phi) is 1.79. The van der Waals surface area contributed by atoms with Crippen LogP contribution in [-0.4, -0.2) is 14.5 Å². The minimum atomic E-state index is -0.601. The molecule has 0 spiro atoms. The number of imidazole rings is 1. The minimum absolute atomic E-state index is 0.0548. The average molecular weight is 166 g/mol. The van der Waals surface area contributed by atoms with Gasteiger partial charge in [-0.05, 0) is 16.8 Å². The zero-order chi connectivity index (χ0) is 9.30.